The highest BCUT2D eigenvalue weighted by Crippen LogP contribution is 2.25. The van der Waals surface area contributed by atoms with Crippen molar-refractivity contribution in [3.05, 3.63) is 35.9 Å². The van der Waals surface area contributed by atoms with Crippen molar-refractivity contribution in [2.75, 3.05) is 12.3 Å². The fourth-order valence-corrected chi connectivity index (χ4v) is 3.13. The first-order chi connectivity index (χ1) is 10.0. The fraction of sp³-hybridized carbons (Fsp3) is 0.533. The van der Waals surface area contributed by atoms with E-state index in [0.29, 0.717) is 12.1 Å². The Kier molecular flexibility index (Phi) is 6.26. The van der Waals surface area contributed by atoms with Gasteiger partial charge in [-0.05, 0) is 33.3 Å². The summed E-state index contributed by atoms with van der Waals surface area (Å²) in [4.78, 5) is 13.7. The number of ether oxygens (including phenoxy) is 1. The molecule has 0 heterocycles. The van der Waals surface area contributed by atoms with Crippen LogP contribution in [0.3, 0.4) is 0 Å². The standard InChI is InChI=1S/C15H22ClNO4S/c1-5-17(14(18)21-15(2,3)4)13(11-22(16,19)20)12-9-7-6-8-10-12/h6-10,13H,5,11H2,1-4H3. The Morgan fingerprint density at radius 3 is 2.23 bits per heavy atom. The Morgan fingerprint density at radius 2 is 1.82 bits per heavy atom. The van der Waals surface area contributed by atoms with Gasteiger partial charge in [0.05, 0.1) is 11.8 Å². The summed E-state index contributed by atoms with van der Waals surface area (Å²) in [6.45, 7) is 7.35. The van der Waals surface area contributed by atoms with Crippen LogP contribution in [0.15, 0.2) is 30.3 Å². The maximum absolute atomic E-state index is 12.4. The van der Waals surface area contributed by atoms with Crippen LogP contribution in [0.4, 0.5) is 4.79 Å². The summed E-state index contributed by atoms with van der Waals surface area (Å²) in [7, 11) is 1.63. The normalized spacial score (nSPS) is 13.5. The van der Waals surface area contributed by atoms with Gasteiger partial charge in [0.25, 0.3) is 0 Å². The molecule has 1 rings (SSSR count). The lowest BCUT2D eigenvalue weighted by Gasteiger charge is -2.32. The lowest BCUT2D eigenvalue weighted by molar-refractivity contribution is 0.0189. The summed E-state index contributed by atoms with van der Waals surface area (Å²) < 4.78 is 28.4. The van der Waals surface area contributed by atoms with Crippen LogP contribution in [-0.4, -0.2) is 37.3 Å². The van der Waals surface area contributed by atoms with Crippen molar-refractivity contribution < 1.29 is 17.9 Å². The van der Waals surface area contributed by atoms with Crippen LogP contribution in [0.5, 0.6) is 0 Å². The number of carbonyl (C=O) groups is 1. The zero-order chi connectivity index (χ0) is 17.0. The summed E-state index contributed by atoms with van der Waals surface area (Å²) in [5.41, 5.74) is 0.0328. The predicted octanol–water partition coefficient (Wildman–Crippen LogP) is 3.55. The highest BCUT2D eigenvalue weighted by Gasteiger charge is 2.31. The summed E-state index contributed by atoms with van der Waals surface area (Å²) >= 11 is 0. The van der Waals surface area contributed by atoms with E-state index in [-0.39, 0.29) is 5.75 Å². The van der Waals surface area contributed by atoms with Crippen molar-refractivity contribution in [1.29, 1.82) is 0 Å². The van der Waals surface area contributed by atoms with Gasteiger partial charge in [0.15, 0.2) is 0 Å². The highest BCUT2D eigenvalue weighted by molar-refractivity contribution is 8.13. The van der Waals surface area contributed by atoms with Gasteiger partial charge in [0, 0.05) is 17.2 Å². The molecule has 5 nitrogen and oxygen atoms in total. The van der Waals surface area contributed by atoms with Crippen LogP contribution in [-0.2, 0) is 13.8 Å². The van der Waals surface area contributed by atoms with Gasteiger partial charge < -0.3 is 9.64 Å². The van der Waals surface area contributed by atoms with E-state index in [2.05, 4.69) is 0 Å². The molecule has 0 saturated heterocycles. The molecule has 7 heteroatoms. The van der Waals surface area contributed by atoms with Crippen molar-refractivity contribution in [3.63, 3.8) is 0 Å². The minimum atomic E-state index is -3.78. The van der Waals surface area contributed by atoms with Gasteiger partial charge in [-0.15, -0.1) is 0 Å². The molecule has 1 unspecified atom stereocenters. The SMILES string of the molecule is CCN(C(=O)OC(C)(C)C)C(CS(=O)(=O)Cl)c1ccccc1. The van der Waals surface area contributed by atoms with Crippen LogP contribution in [0.2, 0.25) is 0 Å². The molecular formula is C15H22ClNO4S. The molecule has 1 aromatic carbocycles. The van der Waals surface area contributed by atoms with Gasteiger partial charge in [-0.2, -0.15) is 0 Å². The predicted molar refractivity (Wildman–Crippen MR) is 87.4 cm³/mol. The Balaban J connectivity index is 3.15. The van der Waals surface area contributed by atoms with Crippen molar-refractivity contribution >= 4 is 25.8 Å². The summed E-state index contributed by atoms with van der Waals surface area (Å²) in [5.74, 6) is -0.369. The average Bonchev–Trinajstić information content (AvgIpc) is 2.36. The topological polar surface area (TPSA) is 63.7 Å². The molecule has 0 aliphatic carbocycles. The molecule has 0 aromatic heterocycles. The number of benzene rings is 1. The van der Waals surface area contributed by atoms with E-state index in [4.69, 9.17) is 15.4 Å². The Hall–Kier alpha value is -1.27. The molecule has 0 bridgehead atoms. The monoisotopic (exact) mass is 347 g/mol. The van der Waals surface area contributed by atoms with Crippen LogP contribution >= 0.6 is 10.7 Å². The quantitative estimate of drug-likeness (QED) is 0.764. The molecule has 1 atom stereocenters. The molecule has 0 saturated carbocycles. The van der Waals surface area contributed by atoms with Crippen molar-refractivity contribution in [3.8, 4) is 0 Å². The molecule has 124 valence electrons. The molecule has 1 amide bonds. The number of hydrogen-bond donors (Lipinski definition) is 0. The van der Waals surface area contributed by atoms with Crippen LogP contribution in [0.25, 0.3) is 0 Å². The third kappa shape index (κ3) is 6.23. The van der Waals surface area contributed by atoms with E-state index in [0.717, 1.165) is 0 Å². The maximum Gasteiger partial charge on any atom is 0.410 e. The number of nitrogens with zero attached hydrogens (tertiary/aromatic N) is 1. The van der Waals surface area contributed by atoms with Gasteiger partial charge in [0.2, 0.25) is 9.05 Å². The average molecular weight is 348 g/mol. The van der Waals surface area contributed by atoms with E-state index < -0.39 is 26.8 Å². The first-order valence-electron chi connectivity index (χ1n) is 7.00. The molecule has 22 heavy (non-hydrogen) atoms. The second kappa shape index (κ2) is 7.33. The lowest BCUT2D eigenvalue weighted by atomic mass is 10.1. The van der Waals surface area contributed by atoms with E-state index in [1.165, 1.54) is 4.90 Å². The third-order valence-electron chi connectivity index (χ3n) is 2.89. The molecule has 0 spiro atoms. The zero-order valence-corrected chi connectivity index (χ0v) is 14.8. The number of amides is 1. The minimum absolute atomic E-state index is 0.306. The maximum atomic E-state index is 12.4. The number of rotatable bonds is 5. The van der Waals surface area contributed by atoms with Crippen molar-refractivity contribution in [2.24, 2.45) is 0 Å². The van der Waals surface area contributed by atoms with Crippen molar-refractivity contribution in [2.45, 2.75) is 39.3 Å². The van der Waals surface area contributed by atoms with E-state index in [1.807, 2.05) is 6.07 Å². The number of hydrogen-bond acceptors (Lipinski definition) is 4. The van der Waals surface area contributed by atoms with Gasteiger partial charge in [-0.1, -0.05) is 30.3 Å². The first-order valence-corrected chi connectivity index (χ1v) is 9.48. The van der Waals surface area contributed by atoms with Gasteiger partial charge in [-0.25, -0.2) is 13.2 Å². The molecule has 0 aliphatic rings. The Bertz CT molecular complexity index is 596. The fourth-order valence-electron chi connectivity index (χ4n) is 2.03. The highest BCUT2D eigenvalue weighted by atomic mass is 35.7. The lowest BCUT2D eigenvalue weighted by Crippen LogP contribution is -2.41. The molecular weight excluding hydrogens is 326 g/mol. The van der Waals surface area contributed by atoms with Gasteiger partial charge in [0.1, 0.15) is 5.60 Å². The van der Waals surface area contributed by atoms with Crippen LogP contribution < -0.4 is 0 Å². The first kappa shape index (κ1) is 18.8. The largest absolute Gasteiger partial charge is 0.444 e. The number of carbonyl (C=O) groups excluding carboxylic acids is 1. The van der Waals surface area contributed by atoms with Crippen LogP contribution in [0.1, 0.15) is 39.3 Å². The van der Waals surface area contributed by atoms with Gasteiger partial charge in [-0.3, -0.25) is 0 Å². The molecule has 0 fully saturated rings. The van der Waals surface area contributed by atoms with Crippen LogP contribution in [0, 0.1) is 0 Å². The number of halogens is 1. The smallest absolute Gasteiger partial charge is 0.410 e. The van der Waals surface area contributed by atoms with E-state index in [1.54, 1.807) is 52.0 Å². The minimum Gasteiger partial charge on any atom is -0.444 e. The van der Waals surface area contributed by atoms with Gasteiger partial charge >= 0.3 is 6.09 Å². The molecule has 1 aromatic rings. The van der Waals surface area contributed by atoms with Crippen molar-refractivity contribution in [1.82, 2.24) is 4.90 Å². The zero-order valence-electron chi connectivity index (χ0n) is 13.2. The second-order valence-electron chi connectivity index (χ2n) is 5.90. The summed E-state index contributed by atoms with van der Waals surface area (Å²) in [5, 5.41) is 0. The molecule has 0 aliphatic heterocycles. The Labute approximate surface area is 136 Å². The second-order valence-corrected chi connectivity index (χ2v) is 8.72. The summed E-state index contributed by atoms with van der Waals surface area (Å²) in [6, 6.07) is 8.22. The molecule has 0 radical (unpaired) electrons. The Morgan fingerprint density at radius 1 is 1.27 bits per heavy atom. The third-order valence-corrected chi connectivity index (χ3v) is 3.98. The molecule has 0 N–H and O–H groups in total. The van der Waals surface area contributed by atoms with E-state index >= 15 is 0 Å². The van der Waals surface area contributed by atoms with E-state index in [9.17, 15) is 13.2 Å². The summed E-state index contributed by atoms with van der Waals surface area (Å²) in [6.07, 6.45) is -0.566.